The van der Waals surface area contributed by atoms with Crippen LogP contribution in [0, 0.1) is 0 Å². The van der Waals surface area contributed by atoms with Crippen LogP contribution in [0.5, 0.6) is 5.88 Å². The molecule has 2 rings (SSSR count). The second kappa shape index (κ2) is 4.79. The Bertz CT molecular complexity index is 453. The number of hydrogen-bond donors (Lipinski definition) is 2. The number of alkyl carbamates (subject to hydrolysis) is 1. The van der Waals surface area contributed by atoms with Gasteiger partial charge in [0, 0.05) is 6.42 Å². The lowest BCUT2D eigenvalue weighted by molar-refractivity contribution is 0.0480. The summed E-state index contributed by atoms with van der Waals surface area (Å²) in [5, 5.41) is 9.56. The van der Waals surface area contributed by atoms with Crippen LogP contribution in [-0.2, 0) is 11.2 Å². The van der Waals surface area contributed by atoms with E-state index < -0.39 is 11.7 Å². The molecule has 2 N–H and O–H groups in total. The number of hydrogen-bond acceptors (Lipinski definition) is 4. The number of amides is 1. The Morgan fingerprint density at radius 2 is 2.33 bits per heavy atom. The van der Waals surface area contributed by atoms with Crippen molar-refractivity contribution in [3.05, 3.63) is 10.2 Å². The monoisotopic (exact) mass is 317 g/mol. The number of aromatic amines is 1. The quantitative estimate of drug-likeness (QED) is 0.830. The SMILES string of the molecule is CC(C)(C)OC(=O)NC1COc2n[nH]c(Br)c2C1. The molecule has 0 bridgehead atoms. The number of ether oxygens (including phenoxy) is 2. The number of carbonyl (C=O) groups is 1. The van der Waals surface area contributed by atoms with E-state index >= 15 is 0 Å². The van der Waals surface area contributed by atoms with Gasteiger partial charge in [0.1, 0.15) is 16.8 Å². The minimum Gasteiger partial charge on any atom is -0.474 e. The van der Waals surface area contributed by atoms with Gasteiger partial charge < -0.3 is 14.8 Å². The van der Waals surface area contributed by atoms with E-state index in [0.29, 0.717) is 18.9 Å². The standard InChI is InChI=1S/C11H16BrN3O3/c1-11(2,3)18-10(16)13-6-4-7-8(12)14-15-9(7)17-5-6/h6H,4-5H2,1-3H3,(H,13,16)(H,14,15). The van der Waals surface area contributed by atoms with Crippen LogP contribution in [0.4, 0.5) is 4.79 Å². The number of halogens is 1. The van der Waals surface area contributed by atoms with Gasteiger partial charge in [0.25, 0.3) is 0 Å². The van der Waals surface area contributed by atoms with Gasteiger partial charge in [0.15, 0.2) is 0 Å². The van der Waals surface area contributed by atoms with Gasteiger partial charge >= 0.3 is 6.09 Å². The van der Waals surface area contributed by atoms with Crippen LogP contribution >= 0.6 is 15.9 Å². The minimum atomic E-state index is -0.499. The molecule has 6 nitrogen and oxygen atoms in total. The fourth-order valence-corrected chi connectivity index (χ4v) is 2.10. The Hall–Kier alpha value is -1.24. The van der Waals surface area contributed by atoms with Gasteiger partial charge in [-0.2, -0.15) is 0 Å². The number of nitrogens with one attached hydrogen (secondary N) is 2. The smallest absolute Gasteiger partial charge is 0.408 e. The van der Waals surface area contributed by atoms with Crippen molar-refractivity contribution in [1.82, 2.24) is 15.5 Å². The van der Waals surface area contributed by atoms with Crippen molar-refractivity contribution in [1.29, 1.82) is 0 Å². The molecule has 100 valence electrons. The number of carbonyl (C=O) groups excluding carboxylic acids is 1. The first-order chi connectivity index (χ1) is 8.35. The van der Waals surface area contributed by atoms with Crippen molar-refractivity contribution < 1.29 is 14.3 Å². The van der Waals surface area contributed by atoms with Gasteiger partial charge in [0.2, 0.25) is 5.88 Å². The van der Waals surface area contributed by atoms with Crippen LogP contribution in [0.15, 0.2) is 4.60 Å². The summed E-state index contributed by atoms with van der Waals surface area (Å²) in [6.07, 6.45) is 0.227. The van der Waals surface area contributed by atoms with E-state index in [1.165, 1.54) is 0 Å². The van der Waals surface area contributed by atoms with E-state index in [0.717, 1.165) is 10.2 Å². The van der Waals surface area contributed by atoms with Gasteiger partial charge in [-0.3, -0.25) is 5.10 Å². The maximum Gasteiger partial charge on any atom is 0.408 e. The zero-order chi connectivity index (χ0) is 13.3. The Morgan fingerprint density at radius 3 is 3.00 bits per heavy atom. The third-order valence-corrected chi connectivity index (χ3v) is 3.03. The van der Waals surface area contributed by atoms with E-state index in [-0.39, 0.29) is 6.04 Å². The first-order valence-electron chi connectivity index (χ1n) is 5.70. The maximum absolute atomic E-state index is 11.6. The third kappa shape index (κ3) is 3.16. The zero-order valence-corrected chi connectivity index (χ0v) is 12.1. The predicted octanol–water partition coefficient (Wildman–Crippen LogP) is 2.00. The Morgan fingerprint density at radius 1 is 1.61 bits per heavy atom. The van der Waals surface area contributed by atoms with Crippen LogP contribution in [0.1, 0.15) is 26.3 Å². The van der Waals surface area contributed by atoms with Crippen LogP contribution in [0.3, 0.4) is 0 Å². The van der Waals surface area contributed by atoms with E-state index in [1.807, 2.05) is 20.8 Å². The molecule has 1 amide bonds. The number of rotatable bonds is 1. The summed E-state index contributed by atoms with van der Waals surface area (Å²) >= 11 is 3.35. The molecule has 7 heteroatoms. The third-order valence-electron chi connectivity index (χ3n) is 2.37. The Kier molecular flexibility index (Phi) is 3.52. The Labute approximate surface area is 114 Å². The largest absolute Gasteiger partial charge is 0.474 e. The maximum atomic E-state index is 11.6. The first-order valence-corrected chi connectivity index (χ1v) is 6.49. The molecule has 0 aliphatic carbocycles. The number of nitrogens with zero attached hydrogens (tertiary/aromatic N) is 1. The summed E-state index contributed by atoms with van der Waals surface area (Å²) in [5.41, 5.74) is 0.434. The van der Waals surface area contributed by atoms with Crippen LogP contribution < -0.4 is 10.1 Å². The summed E-state index contributed by atoms with van der Waals surface area (Å²) in [6, 6.07) is -0.110. The van der Waals surface area contributed by atoms with Crippen LogP contribution in [0.25, 0.3) is 0 Å². The normalized spacial score (nSPS) is 18.8. The molecule has 2 heterocycles. The molecule has 1 unspecified atom stereocenters. The molecule has 1 atom stereocenters. The van der Waals surface area contributed by atoms with E-state index in [2.05, 4.69) is 31.4 Å². The van der Waals surface area contributed by atoms with E-state index in [1.54, 1.807) is 0 Å². The van der Waals surface area contributed by atoms with E-state index in [4.69, 9.17) is 9.47 Å². The predicted molar refractivity (Wildman–Crippen MR) is 68.6 cm³/mol. The highest BCUT2D eigenvalue weighted by atomic mass is 79.9. The molecule has 1 aliphatic rings. The Balaban J connectivity index is 1.94. The topological polar surface area (TPSA) is 76.2 Å². The van der Waals surface area contributed by atoms with Crippen LogP contribution in [-0.4, -0.2) is 34.5 Å². The molecule has 1 aromatic rings. The minimum absolute atomic E-state index is 0.110. The molecule has 18 heavy (non-hydrogen) atoms. The molecule has 0 fully saturated rings. The molecular formula is C11H16BrN3O3. The molecule has 0 saturated carbocycles. The summed E-state index contributed by atoms with van der Waals surface area (Å²) in [5.74, 6) is 0.587. The summed E-state index contributed by atoms with van der Waals surface area (Å²) < 4.78 is 11.4. The lowest BCUT2D eigenvalue weighted by Crippen LogP contribution is -2.44. The summed E-state index contributed by atoms with van der Waals surface area (Å²) in [7, 11) is 0. The second-order valence-corrected chi connectivity index (χ2v) is 5.97. The molecule has 1 aliphatic heterocycles. The van der Waals surface area contributed by atoms with Gasteiger partial charge in [0.05, 0.1) is 11.6 Å². The molecular weight excluding hydrogens is 302 g/mol. The molecule has 1 aromatic heterocycles. The van der Waals surface area contributed by atoms with Crippen molar-refractivity contribution in [2.45, 2.75) is 38.8 Å². The highest BCUT2D eigenvalue weighted by Crippen LogP contribution is 2.28. The van der Waals surface area contributed by atoms with Crippen molar-refractivity contribution in [2.24, 2.45) is 0 Å². The van der Waals surface area contributed by atoms with Crippen molar-refractivity contribution in [3.8, 4) is 5.88 Å². The fourth-order valence-electron chi connectivity index (χ4n) is 1.68. The van der Waals surface area contributed by atoms with Gasteiger partial charge in [-0.1, -0.05) is 0 Å². The number of H-pyrrole nitrogens is 1. The van der Waals surface area contributed by atoms with Crippen molar-refractivity contribution in [3.63, 3.8) is 0 Å². The highest BCUT2D eigenvalue weighted by Gasteiger charge is 2.27. The second-order valence-electron chi connectivity index (χ2n) is 5.18. The molecule has 0 saturated heterocycles. The van der Waals surface area contributed by atoms with Gasteiger partial charge in [-0.25, -0.2) is 4.79 Å². The average molecular weight is 318 g/mol. The molecule has 0 radical (unpaired) electrons. The van der Waals surface area contributed by atoms with E-state index in [9.17, 15) is 4.79 Å². The van der Waals surface area contributed by atoms with Crippen LogP contribution in [0.2, 0.25) is 0 Å². The lowest BCUT2D eigenvalue weighted by atomic mass is 10.1. The number of fused-ring (bicyclic) bond motifs is 1. The van der Waals surface area contributed by atoms with Crippen molar-refractivity contribution >= 4 is 22.0 Å². The summed E-state index contributed by atoms with van der Waals surface area (Å²) in [6.45, 7) is 5.88. The molecule has 0 aromatic carbocycles. The lowest BCUT2D eigenvalue weighted by Gasteiger charge is -2.25. The zero-order valence-electron chi connectivity index (χ0n) is 10.5. The van der Waals surface area contributed by atoms with Gasteiger partial charge in [-0.15, -0.1) is 5.10 Å². The molecule has 0 spiro atoms. The number of aromatic nitrogens is 2. The summed E-state index contributed by atoms with van der Waals surface area (Å²) in [4.78, 5) is 11.6. The average Bonchev–Trinajstić information content (AvgIpc) is 2.57. The van der Waals surface area contributed by atoms with Gasteiger partial charge in [-0.05, 0) is 36.7 Å². The first kappa shape index (κ1) is 13.2. The van der Waals surface area contributed by atoms with Crippen molar-refractivity contribution in [2.75, 3.05) is 6.61 Å². The fraction of sp³-hybridized carbons (Fsp3) is 0.636. The highest BCUT2D eigenvalue weighted by molar-refractivity contribution is 9.10.